The molecule has 22 heavy (non-hydrogen) atoms. The smallest absolute Gasteiger partial charge is 0.256 e. The normalized spacial score (nSPS) is 10.3. The fourth-order valence-corrected chi connectivity index (χ4v) is 2.50. The zero-order valence-corrected chi connectivity index (χ0v) is 14.7. The number of hydrogen-bond donors (Lipinski definition) is 1. The Morgan fingerprint density at radius 3 is 2.55 bits per heavy atom. The van der Waals surface area contributed by atoms with Crippen LogP contribution in [0.25, 0.3) is 0 Å². The Bertz CT molecular complexity index is 641. The molecule has 4 nitrogen and oxygen atoms in total. The van der Waals surface area contributed by atoms with Crippen molar-refractivity contribution in [2.24, 2.45) is 0 Å². The van der Waals surface area contributed by atoms with Gasteiger partial charge >= 0.3 is 0 Å². The molecular formula is C17H18INO3. The zero-order chi connectivity index (χ0) is 15.9. The van der Waals surface area contributed by atoms with Crippen LogP contribution >= 0.6 is 22.6 Å². The van der Waals surface area contributed by atoms with Crippen LogP contribution in [-0.2, 0) is 4.74 Å². The third-order valence-electron chi connectivity index (χ3n) is 3.10. The summed E-state index contributed by atoms with van der Waals surface area (Å²) in [5, 5.41) is 2.90. The molecule has 1 N–H and O–H groups in total. The number of halogens is 1. The fourth-order valence-electron chi connectivity index (χ4n) is 1.90. The van der Waals surface area contributed by atoms with E-state index in [9.17, 15) is 4.79 Å². The van der Waals surface area contributed by atoms with Crippen molar-refractivity contribution in [2.75, 3.05) is 25.6 Å². The van der Waals surface area contributed by atoms with E-state index in [2.05, 4.69) is 27.9 Å². The van der Waals surface area contributed by atoms with Gasteiger partial charge in [-0.05, 0) is 65.4 Å². The molecule has 0 heterocycles. The van der Waals surface area contributed by atoms with E-state index in [4.69, 9.17) is 9.47 Å². The van der Waals surface area contributed by atoms with Gasteiger partial charge < -0.3 is 14.8 Å². The first-order valence-corrected chi connectivity index (χ1v) is 7.98. The van der Waals surface area contributed by atoms with E-state index in [-0.39, 0.29) is 5.91 Å². The molecule has 0 saturated carbocycles. The largest absolute Gasteiger partial charge is 0.491 e. The Morgan fingerprint density at radius 1 is 1.14 bits per heavy atom. The zero-order valence-electron chi connectivity index (χ0n) is 12.6. The van der Waals surface area contributed by atoms with Gasteiger partial charge in [0.15, 0.2) is 0 Å². The van der Waals surface area contributed by atoms with Crippen LogP contribution in [0.1, 0.15) is 15.9 Å². The Balaban J connectivity index is 2.01. The summed E-state index contributed by atoms with van der Waals surface area (Å²) in [5.41, 5.74) is 2.51. The molecule has 116 valence electrons. The summed E-state index contributed by atoms with van der Waals surface area (Å²) in [7, 11) is 1.63. The van der Waals surface area contributed by atoms with Crippen molar-refractivity contribution in [1.29, 1.82) is 0 Å². The van der Waals surface area contributed by atoms with Crippen molar-refractivity contribution in [1.82, 2.24) is 0 Å². The number of rotatable bonds is 6. The van der Waals surface area contributed by atoms with Gasteiger partial charge in [0.2, 0.25) is 0 Å². The van der Waals surface area contributed by atoms with Crippen LogP contribution < -0.4 is 10.1 Å². The van der Waals surface area contributed by atoms with Crippen LogP contribution in [0.5, 0.6) is 5.75 Å². The van der Waals surface area contributed by atoms with Crippen LogP contribution in [-0.4, -0.2) is 26.2 Å². The fraction of sp³-hybridized carbons (Fsp3) is 0.235. The maximum atomic E-state index is 12.3. The van der Waals surface area contributed by atoms with E-state index in [1.807, 2.05) is 49.4 Å². The quantitative estimate of drug-likeness (QED) is 0.580. The van der Waals surface area contributed by atoms with E-state index in [1.165, 1.54) is 0 Å². The molecule has 0 atom stereocenters. The summed E-state index contributed by atoms with van der Waals surface area (Å²) in [6, 6.07) is 13.0. The monoisotopic (exact) mass is 411 g/mol. The van der Waals surface area contributed by atoms with E-state index in [0.29, 0.717) is 18.8 Å². The highest BCUT2D eigenvalue weighted by atomic mass is 127. The molecule has 1 amide bonds. The van der Waals surface area contributed by atoms with Gasteiger partial charge in [-0.3, -0.25) is 4.79 Å². The molecule has 2 aromatic carbocycles. The molecular weight excluding hydrogens is 393 g/mol. The van der Waals surface area contributed by atoms with E-state index in [1.54, 1.807) is 7.11 Å². The standard InChI is InChI=1S/C17H18INO3/c1-12-4-3-5-15(16(12)18)17(20)19-13-6-8-14(9-7-13)22-11-10-21-2/h3-9H,10-11H2,1-2H3,(H,19,20). The summed E-state index contributed by atoms with van der Waals surface area (Å²) in [6.45, 7) is 3.04. The van der Waals surface area contributed by atoms with Crippen molar-refractivity contribution in [3.63, 3.8) is 0 Å². The molecule has 0 aliphatic rings. The molecule has 2 aromatic rings. The Morgan fingerprint density at radius 2 is 1.86 bits per heavy atom. The predicted octanol–water partition coefficient (Wildman–Crippen LogP) is 3.88. The number of carbonyl (C=O) groups is 1. The maximum absolute atomic E-state index is 12.3. The lowest BCUT2D eigenvalue weighted by molar-refractivity contribution is 0.102. The van der Waals surface area contributed by atoms with Crippen LogP contribution in [0.4, 0.5) is 5.69 Å². The van der Waals surface area contributed by atoms with E-state index < -0.39 is 0 Å². The van der Waals surface area contributed by atoms with Crippen molar-refractivity contribution < 1.29 is 14.3 Å². The second kappa shape index (κ2) is 8.14. The summed E-state index contributed by atoms with van der Waals surface area (Å²) in [6.07, 6.45) is 0. The van der Waals surface area contributed by atoms with E-state index in [0.717, 1.165) is 20.6 Å². The number of hydrogen-bond acceptors (Lipinski definition) is 3. The number of amides is 1. The molecule has 0 aliphatic carbocycles. The van der Waals surface area contributed by atoms with Gasteiger partial charge in [-0.1, -0.05) is 12.1 Å². The number of anilines is 1. The van der Waals surface area contributed by atoms with Crippen molar-refractivity contribution in [3.8, 4) is 5.75 Å². The van der Waals surface area contributed by atoms with E-state index >= 15 is 0 Å². The topological polar surface area (TPSA) is 47.6 Å². The second-order valence-electron chi connectivity index (χ2n) is 4.76. The molecule has 0 aliphatic heterocycles. The average Bonchev–Trinajstić information content (AvgIpc) is 2.52. The van der Waals surface area contributed by atoms with Gasteiger partial charge in [0.05, 0.1) is 12.2 Å². The first-order chi connectivity index (χ1) is 10.6. The van der Waals surface area contributed by atoms with Crippen molar-refractivity contribution >= 4 is 34.2 Å². The molecule has 5 heteroatoms. The van der Waals surface area contributed by atoms with Crippen LogP contribution in [0.15, 0.2) is 42.5 Å². The summed E-state index contributed by atoms with van der Waals surface area (Å²) in [4.78, 5) is 12.3. The lowest BCUT2D eigenvalue weighted by Gasteiger charge is -2.10. The maximum Gasteiger partial charge on any atom is 0.256 e. The van der Waals surface area contributed by atoms with Crippen LogP contribution in [0, 0.1) is 10.5 Å². The number of carbonyl (C=O) groups excluding carboxylic acids is 1. The number of aryl methyl sites for hydroxylation is 1. The molecule has 0 radical (unpaired) electrons. The van der Waals surface area contributed by atoms with Gasteiger partial charge in [0.25, 0.3) is 5.91 Å². The SMILES string of the molecule is COCCOc1ccc(NC(=O)c2cccc(C)c2I)cc1. The summed E-state index contributed by atoms with van der Waals surface area (Å²) in [5.74, 6) is 0.640. The lowest BCUT2D eigenvalue weighted by atomic mass is 10.1. The van der Waals surface area contributed by atoms with Crippen molar-refractivity contribution in [2.45, 2.75) is 6.92 Å². The molecule has 2 rings (SSSR count). The van der Waals surface area contributed by atoms with Crippen LogP contribution in [0.3, 0.4) is 0 Å². The minimum absolute atomic E-state index is 0.110. The highest BCUT2D eigenvalue weighted by Gasteiger charge is 2.11. The first-order valence-electron chi connectivity index (χ1n) is 6.90. The Labute approximate surface area is 144 Å². The predicted molar refractivity (Wildman–Crippen MR) is 95.7 cm³/mol. The van der Waals surface area contributed by atoms with Gasteiger partial charge in [-0.25, -0.2) is 0 Å². The minimum atomic E-state index is -0.110. The average molecular weight is 411 g/mol. The molecule has 0 bridgehead atoms. The highest BCUT2D eigenvalue weighted by molar-refractivity contribution is 14.1. The number of benzene rings is 2. The number of methoxy groups -OCH3 is 1. The molecule has 0 saturated heterocycles. The second-order valence-corrected chi connectivity index (χ2v) is 5.83. The Kier molecular flexibility index (Phi) is 6.21. The third kappa shape index (κ3) is 4.45. The minimum Gasteiger partial charge on any atom is -0.491 e. The van der Waals surface area contributed by atoms with Gasteiger partial charge in [0.1, 0.15) is 12.4 Å². The van der Waals surface area contributed by atoms with Gasteiger partial charge in [-0.15, -0.1) is 0 Å². The molecule has 0 fully saturated rings. The summed E-state index contributed by atoms with van der Waals surface area (Å²) < 4.78 is 11.4. The van der Waals surface area contributed by atoms with Gasteiger partial charge in [-0.2, -0.15) is 0 Å². The molecule has 0 unspecified atom stereocenters. The lowest BCUT2D eigenvalue weighted by Crippen LogP contribution is -2.14. The third-order valence-corrected chi connectivity index (χ3v) is 4.54. The van der Waals surface area contributed by atoms with Crippen molar-refractivity contribution in [3.05, 3.63) is 57.2 Å². The molecule has 0 spiro atoms. The summed E-state index contributed by atoms with van der Waals surface area (Å²) >= 11 is 2.19. The Hall–Kier alpha value is -1.60. The molecule has 0 aromatic heterocycles. The first kappa shape index (κ1) is 16.8. The van der Waals surface area contributed by atoms with Gasteiger partial charge in [0, 0.05) is 16.4 Å². The highest BCUT2D eigenvalue weighted by Crippen LogP contribution is 2.20. The number of ether oxygens (including phenoxy) is 2. The van der Waals surface area contributed by atoms with Crippen LogP contribution in [0.2, 0.25) is 0 Å². The number of nitrogens with one attached hydrogen (secondary N) is 1.